The molecule has 18 heavy (non-hydrogen) atoms. The number of carboxylic acid groups (broad SMARTS) is 1. The average molecular weight is 254 g/mol. The van der Waals surface area contributed by atoms with Gasteiger partial charge in [-0.25, -0.2) is 4.79 Å². The Hall–Kier alpha value is -1.85. The van der Waals surface area contributed by atoms with Crippen molar-refractivity contribution in [3.05, 3.63) is 17.5 Å². The lowest BCUT2D eigenvalue weighted by Gasteiger charge is -2.23. The molecule has 0 aliphatic rings. The van der Waals surface area contributed by atoms with Crippen LogP contribution < -0.4 is 5.32 Å². The molecule has 6 heteroatoms. The molecule has 0 saturated carbocycles. The van der Waals surface area contributed by atoms with Crippen molar-refractivity contribution in [2.45, 2.75) is 45.6 Å². The molecule has 0 spiro atoms. The zero-order chi connectivity index (χ0) is 13.9. The quantitative estimate of drug-likeness (QED) is 0.835. The lowest BCUT2D eigenvalue weighted by atomic mass is 9.99. The first-order valence-electron chi connectivity index (χ1n) is 5.82. The molecule has 0 bridgehead atoms. The van der Waals surface area contributed by atoms with Crippen molar-refractivity contribution in [3.63, 3.8) is 0 Å². The Kier molecular flexibility index (Phi) is 4.11. The largest absolute Gasteiger partial charge is 0.480 e. The number of rotatable bonds is 5. The number of hydrogen-bond donors (Lipinski definition) is 2. The highest BCUT2D eigenvalue weighted by atomic mass is 16.5. The molecule has 6 nitrogen and oxygen atoms in total. The Morgan fingerprint density at radius 3 is 2.56 bits per heavy atom. The van der Waals surface area contributed by atoms with Crippen LogP contribution in [0.15, 0.2) is 10.6 Å². The Morgan fingerprint density at radius 2 is 2.17 bits per heavy atom. The minimum atomic E-state index is -1.30. The standard InChI is InChI=1S/C12H18N2O4/c1-5-12(4,11(16)17)13-10(15)9-6-8(7(2)3)14-18-9/h6-7H,5H2,1-4H3,(H,13,15)(H,16,17). The molecule has 1 unspecified atom stereocenters. The monoisotopic (exact) mass is 254 g/mol. The molecule has 1 amide bonds. The van der Waals surface area contributed by atoms with Gasteiger partial charge in [0.05, 0.1) is 5.69 Å². The van der Waals surface area contributed by atoms with Crippen molar-refractivity contribution < 1.29 is 19.2 Å². The van der Waals surface area contributed by atoms with Crippen molar-refractivity contribution in [3.8, 4) is 0 Å². The first-order chi connectivity index (χ1) is 8.30. The molecule has 0 aromatic carbocycles. The van der Waals surface area contributed by atoms with Crippen LogP contribution in [0.3, 0.4) is 0 Å². The van der Waals surface area contributed by atoms with Crippen LogP contribution in [0.2, 0.25) is 0 Å². The zero-order valence-corrected chi connectivity index (χ0v) is 11.0. The van der Waals surface area contributed by atoms with Gasteiger partial charge in [0.2, 0.25) is 5.76 Å². The highest BCUT2D eigenvalue weighted by molar-refractivity contribution is 5.95. The van der Waals surface area contributed by atoms with Crippen molar-refractivity contribution in [1.29, 1.82) is 0 Å². The second-order valence-corrected chi connectivity index (χ2v) is 4.72. The second-order valence-electron chi connectivity index (χ2n) is 4.72. The van der Waals surface area contributed by atoms with Crippen LogP contribution in [-0.4, -0.2) is 27.7 Å². The van der Waals surface area contributed by atoms with Gasteiger partial charge in [-0.05, 0) is 19.3 Å². The number of nitrogens with one attached hydrogen (secondary N) is 1. The summed E-state index contributed by atoms with van der Waals surface area (Å²) in [5.74, 6) is -1.48. The van der Waals surface area contributed by atoms with Gasteiger partial charge in [-0.15, -0.1) is 0 Å². The molecule has 0 saturated heterocycles. The summed E-state index contributed by atoms with van der Waals surface area (Å²) >= 11 is 0. The van der Waals surface area contributed by atoms with Gasteiger partial charge in [0.15, 0.2) is 0 Å². The van der Waals surface area contributed by atoms with Crippen molar-refractivity contribution >= 4 is 11.9 Å². The number of hydrogen-bond acceptors (Lipinski definition) is 4. The van der Waals surface area contributed by atoms with Crippen LogP contribution in [0, 0.1) is 0 Å². The first kappa shape index (κ1) is 14.2. The summed E-state index contributed by atoms with van der Waals surface area (Å²) in [6.07, 6.45) is 0.277. The summed E-state index contributed by atoms with van der Waals surface area (Å²) in [5, 5.41) is 15.3. The van der Waals surface area contributed by atoms with E-state index in [0.29, 0.717) is 5.69 Å². The summed E-state index contributed by atoms with van der Waals surface area (Å²) < 4.78 is 4.90. The molecule has 1 atom stereocenters. The van der Waals surface area contributed by atoms with Crippen molar-refractivity contribution in [1.82, 2.24) is 10.5 Å². The van der Waals surface area contributed by atoms with Gasteiger partial charge in [-0.1, -0.05) is 25.9 Å². The minimum Gasteiger partial charge on any atom is -0.480 e. The third-order valence-electron chi connectivity index (χ3n) is 2.91. The molecule has 2 N–H and O–H groups in total. The number of aromatic nitrogens is 1. The maximum absolute atomic E-state index is 11.9. The molecule has 0 aliphatic heterocycles. The van der Waals surface area contributed by atoms with E-state index in [0.717, 1.165) is 0 Å². The van der Waals surface area contributed by atoms with Crippen LogP contribution >= 0.6 is 0 Å². The Balaban J connectivity index is 2.84. The third-order valence-corrected chi connectivity index (χ3v) is 2.91. The van der Waals surface area contributed by atoms with Crippen molar-refractivity contribution in [2.75, 3.05) is 0 Å². The van der Waals surface area contributed by atoms with Crippen LogP contribution in [0.25, 0.3) is 0 Å². The van der Waals surface area contributed by atoms with Gasteiger partial charge in [-0.3, -0.25) is 4.79 Å². The van der Waals surface area contributed by atoms with E-state index >= 15 is 0 Å². The van der Waals surface area contributed by atoms with Gasteiger partial charge >= 0.3 is 5.97 Å². The third kappa shape index (κ3) is 2.88. The molecule has 0 fully saturated rings. The van der Waals surface area contributed by atoms with E-state index in [4.69, 9.17) is 9.63 Å². The highest BCUT2D eigenvalue weighted by Gasteiger charge is 2.34. The Bertz CT molecular complexity index is 453. The number of carboxylic acids is 1. The number of carbonyl (C=O) groups excluding carboxylic acids is 1. The second kappa shape index (κ2) is 5.20. The van der Waals surface area contributed by atoms with Gasteiger partial charge in [-0.2, -0.15) is 0 Å². The maximum Gasteiger partial charge on any atom is 0.329 e. The van der Waals surface area contributed by atoms with Crippen LogP contribution in [-0.2, 0) is 4.79 Å². The van der Waals surface area contributed by atoms with Crippen LogP contribution in [0.5, 0.6) is 0 Å². The van der Waals surface area contributed by atoms with E-state index in [1.807, 2.05) is 13.8 Å². The molecule has 1 aromatic rings. The van der Waals surface area contributed by atoms with E-state index in [-0.39, 0.29) is 18.1 Å². The number of carbonyl (C=O) groups is 2. The SMILES string of the molecule is CCC(C)(NC(=O)c1cc(C(C)C)no1)C(=O)O. The smallest absolute Gasteiger partial charge is 0.329 e. The van der Waals surface area contributed by atoms with E-state index in [2.05, 4.69) is 10.5 Å². The summed E-state index contributed by atoms with van der Waals surface area (Å²) in [6, 6.07) is 1.53. The summed E-state index contributed by atoms with van der Waals surface area (Å²) in [7, 11) is 0. The van der Waals surface area contributed by atoms with Crippen LogP contribution in [0.4, 0.5) is 0 Å². The molecule has 0 aliphatic carbocycles. The summed E-state index contributed by atoms with van der Waals surface area (Å²) in [6.45, 7) is 6.99. The normalized spacial score (nSPS) is 14.3. The van der Waals surface area contributed by atoms with Gasteiger partial charge in [0.25, 0.3) is 5.91 Å². The van der Waals surface area contributed by atoms with Gasteiger partial charge < -0.3 is 14.9 Å². The fourth-order valence-corrected chi connectivity index (χ4v) is 1.27. The summed E-state index contributed by atoms with van der Waals surface area (Å²) in [4.78, 5) is 22.9. The molecule has 1 aromatic heterocycles. The van der Waals surface area contributed by atoms with E-state index < -0.39 is 17.4 Å². The first-order valence-corrected chi connectivity index (χ1v) is 5.82. The van der Waals surface area contributed by atoms with Gasteiger partial charge in [0, 0.05) is 6.07 Å². The highest BCUT2D eigenvalue weighted by Crippen LogP contribution is 2.16. The number of amides is 1. The average Bonchev–Trinajstić information content (AvgIpc) is 2.77. The van der Waals surface area contributed by atoms with Crippen molar-refractivity contribution in [2.24, 2.45) is 0 Å². The van der Waals surface area contributed by atoms with E-state index in [1.54, 1.807) is 6.92 Å². The number of nitrogens with zero attached hydrogens (tertiary/aromatic N) is 1. The molecule has 1 heterocycles. The van der Waals surface area contributed by atoms with Crippen LogP contribution in [0.1, 0.15) is 56.3 Å². The lowest BCUT2D eigenvalue weighted by molar-refractivity contribution is -0.143. The fourth-order valence-electron chi connectivity index (χ4n) is 1.27. The lowest BCUT2D eigenvalue weighted by Crippen LogP contribution is -2.51. The topological polar surface area (TPSA) is 92.4 Å². The zero-order valence-electron chi connectivity index (χ0n) is 11.0. The molecule has 100 valence electrons. The predicted molar refractivity (Wildman–Crippen MR) is 64.4 cm³/mol. The summed E-state index contributed by atoms with van der Waals surface area (Å²) in [5.41, 5.74) is -0.643. The molecular weight excluding hydrogens is 236 g/mol. The predicted octanol–water partition coefficient (Wildman–Crippen LogP) is 1.78. The number of aliphatic carboxylic acids is 1. The Morgan fingerprint density at radius 1 is 1.56 bits per heavy atom. The van der Waals surface area contributed by atoms with E-state index in [1.165, 1.54) is 13.0 Å². The maximum atomic E-state index is 11.9. The van der Waals surface area contributed by atoms with E-state index in [9.17, 15) is 9.59 Å². The molecular formula is C12H18N2O4. The molecule has 1 rings (SSSR count). The fraction of sp³-hybridized carbons (Fsp3) is 0.583. The van der Waals surface area contributed by atoms with Gasteiger partial charge in [0.1, 0.15) is 5.54 Å². The molecule has 0 radical (unpaired) electrons. The minimum absolute atomic E-state index is 0.0274. The Labute approximate surface area is 105 Å².